The van der Waals surface area contributed by atoms with Crippen LogP contribution >= 0.6 is 0 Å². The van der Waals surface area contributed by atoms with Gasteiger partial charge in [-0.25, -0.2) is 0 Å². The number of aromatic hydroxyl groups is 1. The minimum Gasteiger partial charge on any atom is -0.507 e. The van der Waals surface area contributed by atoms with Crippen molar-refractivity contribution in [3.63, 3.8) is 0 Å². The highest BCUT2D eigenvalue weighted by molar-refractivity contribution is 5.98. The number of ketones is 1. The van der Waals surface area contributed by atoms with Gasteiger partial charge in [-0.3, -0.25) is 4.79 Å². The minimum absolute atomic E-state index is 0.0169. The molecular formula is C11H15NO2. The summed E-state index contributed by atoms with van der Waals surface area (Å²) < 4.78 is 0. The normalized spacial score (nSPS) is 10.5. The van der Waals surface area contributed by atoms with Crippen LogP contribution in [0.4, 0.5) is 0 Å². The number of Topliss-reactive ketones (excluding diaryl/α,β-unsaturated/α-hetero) is 1. The molecule has 0 amide bonds. The van der Waals surface area contributed by atoms with Gasteiger partial charge in [0.25, 0.3) is 0 Å². The highest BCUT2D eigenvalue weighted by Crippen LogP contribution is 2.17. The fourth-order valence-electron chi connectivity index (χ4n) is 1.17. The first-order chi connectivity index (χ1) is 6.61. The molecular weight excluding hydrogens is 178 g/mol. The van der Waals surface area contributed by atoms with Crippen LogP contribution in [0.1, 0.15) is 16.8 Å². The van der Waals surface area contributed by atoms with Crippen LogP contribution in [-0.4, -0.2) is 36.4 Å². The molecule has 1 aromatic rings. The molecule has 0 unspecified atom stereocenters. The molecule has 0 spiro atoms. The van der Waals surface area contributed by atoms with E-state index in [4.69, 9.17) is 0 Å². The number of phenols is 1. The molecule has 0 fully saturated rings. The van der Waals surface area contributed by atoms with Gasteiger partial charge < -0.3 is 10.0 Å². The number of carbonyl (C=O) groups is 1. The Kier molecular flexibility index (Phi) is 3.65. The molecule has 0 saturated carbocycles. The molecule has 0 saturated heterocycles. The van der Waals surface area contributed by atoms with Gasteiger partial charge in [-0.2, -0.15) is 0 Å². The van der Waals surface area contributed by atoms with Crippen molar-refractivity contribution in [2.24, 2.45) is 0 Å². The van der Waals surface area contributed by atoms with Gasteiger partial charge in [0.05, 0.1) is 5.56 Å². The van der Waals surface area contributed by atoms with E-state index in [1.54, 1.807) is 18.2 Å². The molecule has 0 atom stereocenters. The standard InChI is InChI=1S/C11H15NO2/c1-12(2)8-7-11(14)9-5-3-4-6-10(9)13/h3-6,13H,7-8H2,1-2H3. The van der Waals surface area contributed by atoms with Gasteiger partial charge in [0.15, 0.2) is 5.78 Å². The van der Waals surface area contributed by atoms with Gasteiger partial charge >= 0.3 is 0 Å². The topological polar surface area (TPSA) is 40.5 Å². The van der Waals surface area contributed by atoms with E-state index in [0.29, 0.717) is 18.5 Å². The van der Waals surface area contributed by atoms with Gasteiger partial charge in [0.1, 0.15) is 5.75 Å². The largest absolute Gasteiger partial charge is 0.507 e. The van der Waals surface area contributed by atoms with Crippen LogP contribution in [0.25, 0.3) is 0 Å². The van der Waals surface area contributed by atoms with E-state index < -0.39 is 0 Å². The predicted molar refractivity (Wildman–Crippen MR) is 55.6 cm³/mol. The number of hydrogen-bond donors (Lipinski definition) is 1. The highest BCUT2D eigenvalue weighted by atomic mass is 16.3. The summed E-state index contributed by atoms with van der Waals surface area (Å²) in [7, 11) is 3.83. The molecule has 3 nitrogen and oxygen atoms in total. The van der Waals surface area contributed by atoms with E-state index in [0.717, 1.165) is 0 Å². The monoisotopic (exact) mass is 193 g/mol. The van der Waals surface area contributed by atoms with Crippen LogP contribution < -0.4 is 0 Å². The summed E-state index contributed by atoms with van der Waals surface area (Å²) in [5.41, 5.74) is 0.411. The summed E-state index contributed by atoms with van der Waals surface area (Å²) in [6.45, 7) is 0.702. The van der Waals surface area contributed by atoms with Crippen LogP contribution in [0.15, 0.2) is 24.3 Å². The molecule has 0 aliphatic rings. The van der Waals surface area contributed by atoms with E-state index in [9.17, 15) is 9.90 Å². The second-order valence-corrected chi connectivity index (χ2v) is 3.49. The second-order valence-electron chi connectivity index (χ2n) is 3.49. The number of rotatable bonds is 4. The van der Waals surface area contributed by atoms with Crippen molar-refractivity contribution >= 4 is 5.78 Å². The smallest absolute Gasteiger partial charge is 0.167 e. The Morgan fingerprint density at radius 3 is 2.57 bits per heavy atom. The molecule has 1 aromatic carbocycles. The zero-order valence-electron chi connectivity index (χ0n) is 8.53. The summed E-state index contributed by atoms with van der Waals surface area (Å²) in [5, 5.41) is 9.41. The molecule has 0 heterocycles. The number of carbonyl (C=O) groups excluding carboxylic acids is 1. The van der Waals surface area contributed by atoms with Crippen LogP contribution in [0.2, 0.25) is 0 Å². The van der Waals surface area contributed by atoms with Crippen molar-refractivity contribution in [3.05, 3.63) is 29.8 Å². The van der Waals surface area contributed by atoms with Crippen LogP contribution in [0, 0.1) is 0 Å². The highest BCUT2D eigenvalue weighted by Gasteiger charge is 2.09. The molecule has 0 aromatic heterocycles. The lowest BCUT2D eigenvalue weighted by Gasteiger charge is -2.08. The third-order valence-electron chi connectivity index (χ3n) is 1.99. The first-order valence-electron chi connectivity index (χ1n) is 4.57. The molecule has 0 aliphatic heterocycles. The van der Waals surface area contributed by atoms with Gasteiger partial charge in [0.2, 0.25) is 0 Å². The average Bonchev–Trinajstić information content (AvgIpc) is 2.15. The van der Waals surface area contributed by atoms with Gasteiger partial charge in [-0.1, -0.05) is 12.1 Å². The molecule has 76 valence electrons. The first kappa shape index (κ1) is 10.7. The molecule has 1 N–H and O–H groups in total. The van der Waals surface area contributed by atoms with Crippen molar-refractivity contribution in [3.8, 4) is 5.75 Å². The van der Waals surface area contributed by atoms with E-state index in [1.807, 2.05) is 19.0 Å². The Labute approximate surface area is 84.0 Å². The second kappa shape index (κ2) is 4.77. The molecule has 0 radical (unpaired) electrons. The molecule has 0 aliphatic carbocycles. The maximum atomic E-state index is 11.6. The van der Waals surface area contributed by atoms with Crippen molar-refractivity contribution in [1.29, 1.82) is 0 Å². The van der Waals surface area contributed by atoms with Gasteiger partial charge in [-0.15, -0.1) is 0 Å². The lowest BCUT2D eigenvalue weighted by Crippen LogP contribution is -2.16. The van der Waals surface area contributed by atoms with E-state index >= 15 is 0 Å². The summed E-state index contributed by atoms with van der Waals surface area (Å²) in [6, 6.07) is 6.64. The summed E-state index contributed by atoms with van der Waals surface area (Å²) >= 11 is 0. The lowest BCUT2D eigenvalue weighted by atomic mass is 10.1. The van der Waals surface area contributed by atoms with Crippen LogP contribution in [0.3, 0.4) is 0 Å². The zero-order valence-corrected chi connectivity index (χ0v) is 8.53. The molecule has 0 bridgehead atoms. The quantitative estimate of drug-likeness (QED) is 0.737. The van der Waals surface area contributed by atoms with Crippen molar-refractivity contribution < 1.29 is 9.90 Å². The fraction of sp³-hybridized carbons (Fsp3) is 0.364. The third-order valence-corrected chi connectivity index (χ3v) is 1.99. The van der Waals surface area contributed by atoms with Crippen molar-refractivity contribution in [2.45, 2.75) is 6.42 Å². The van der Waals surface area contributed by atoms with E-state index in [-0.39, 0.29) is 11.5 Å². The lowest BCUT2D eigenvalue weighted by molar-refractivity contribution is 0.0970. The Morgan fingerprint density at radius 1 is 1.36 bits per heavy atom. The van der Waals surface area contributed by atoms with Crippen molar-refractivity contribution in [2.75, 3.05) is 20.6 Å². The summed E-state index contributed by atoms with van der Waals surface area (Å²) in [6.07, 6.45) is 0.435. The Hall–Kier alpha value is -1.35. The SMILES string of the molecule is CN(C)CCC(=O)c1ccccc1O. The molecule has 1 rings (SSSR count). The Balaban J connectivity index is 2.65. The Bertz CT molecular complexity index is 321. The number of phenolic OH excluding ortho intramolecular Hbond substituents is 1. The van der Waals surface area contributed by atoms with Crippen molar-refractivity contribution in [1.82, 2.24) is 4.90 Å². The van der Waals surface area contributed by atoms with E-state index in [1.165, 1.54) is 6.07 Å². The average molecular weight is 193 g/mol. The maximum Gasteiger partial charge on any atom is 0.167 e. The number of hydrogen-bond acceptors (Lipinski definition) is 3. The van der Waals surface area contributed by atoms with E-state index in [2.05, 4.69) is 0 Å². The van der Waals surface area contributed by atoms with Crippen LogP contribution in [-0.2, 0) is 0 Å². The summed E-state index contributed by atoms with van der Waals surface area (Å²) in [5.74, 6) is 0.0491. The number of para-hydroxylation sites is 1. The Morgan fingerprint density at radius 2 is 2.00 bits per heavy atom. The summed E-state index contributed by atoms with van der Waals surface area (Å²) in [4.78, 5) is 13.5. The number of nitrogens with zero attached hydrogens (tertiary/aromatic N) is 1. The number of benzene rings is 1. The third kappa shape index (κ3) is 2.85. The molecule has 3 heteroatoms. The molecule has 14 heavy (non-hydrogen) atoms. The van der Waals surface area contributed by atoms with Crippen LogP contribution in [0.5, 0.6) is 5.75 Å². The van der Waals surface area contributed by atoms with Gasteiger partial charge in [0, 0.05) is 13.0 Å². The van der Waals surface area contributed by atoms with Gasteiger partial charge in [-0.05, 0) is 26.2 Å². The predicted octanol–water partition coefficient (Wildman–Crippen LogP) is 1.53. The zero-order chi connectivity index (χ0) is 10.6. The maximum absolute atomic E-state index is 11.6. The first-order valence-corrected chi connectivity index (χ1v) is 4.57. The fourth-order valence-corrected chi connectivity index (χ4v) is 1.17. The minimum atomic E-state index is -0.0169.